The second-order valence-electron chi connectivity index (χ2n) is 8.04. The molecule has 2 aliphatic rings. The van der Waals surface area contributed by atoms with Crippen molar-refractivity contribution in [3.05, 3.63) is 23.3 Å². The number of piperidine rings is 1. The van der Waals surface area contributed by atoms with Crippen LogP contribution >= 0.6 is 0 Å². The highest BCUT2D eigenvalue weighted by Gasteiger charge is 2.38. The van der Waals surface area contributed by atoms with E-state index in [9.17, 15) is 19.8 Å². The zero-order valence-electron chi connectivity index (χ0n) is 17.7. The Hall–Kier alpha value is -2.28. The lowest BCUT2D eigenvalue weighted by Crippen LogP contribution is -2.49. The van der Waals surface area contributed by atoms with Gasteiger partial charge in [0.05, 0.1) is 11.4 Å². The van der Waals surface area contributed by atoms with Crippen molar-refractivity contribution in [1.82, 2.24) is 4.90 Å². The molecule has 1 heterocycles. The van der Waals surface area contributed by atoms with Crippen molar-refractivity contribution in [2.45, 2.75) is 58.9 Å². The van der Waals surface area contributed by atoms with E-state index in [2.05, 4.69) is 11.8 Å². The van der Waals surface area contributed by atoms with Gasteiger partial charge in [-0.25, -0.2) is 9.59 Å². The maximum absolute atomic E-state index is 12.0. The normalized spacial score (nSPS) is 21.2. The number of rotatable bonds is 6. The van der Waals surface area contributed by atoms with Crippen LogP contribution in [0.1, 0.15) is 51.2 Å². The summed E-state index contributed by atoms with van der Waals surface area (Å²) in [6, 6.07) is 4.31. The minimum Gasteiger partial charge on any atom is -0.465 e. The Kier molecular flexibility index (Phi) is 6.67. The van der Waals surface area contributed by atoms with Gasteiger partial charge in [0, 0.05) is 19.1 Å². The Balaban J connectivity index is 2.11. The molecular weight excluding hydrogens is 370 g/mol. The van der Waals surface area contributed by atoms with E-state index in [1.165, 1.54) is 9.80 Å². The van der Waals surface area contributed by atoms with Crippen LogP contribution in [-0.2, 0) is 12.8 Å². The molecule has 3 rings (SSSR count). The van der Waals surface area contributed by atoms with E-state index in [-0.39, 0.29) is 13.1 Å². The molecule has 7 nitrogen and oxygen atoms in total. The molecule has 2 N–H and O–H groups in total. The van der Waals surface area contributed by atoms with E-state index in [1.54, 1.807) is 19.9 Å². The Morgan fingerprint density at radius 2 is 1.76 bits per heavy atom. The van der Waals surface area contributed by atoms with Crippen LogP contribution in [0.2, 0.25) is 0 Å². The summed E-state index contributed by atoms with van der Waals surface area (Å²) < 4.78 is 0. The molecule has 1 saturated heterocycles. The molecule has 0 spiro atoms. The Labute approximate surface area is 172 Å². The average Bonchev–Trinajstić information content (AvgIpc) is 2.69. The van der Waals surface area contributed by atoms with Gasteiger partial charge in [-0.05, 0) is 82.2 Å². The third-order valence-corrected chi connectivity index (χ3v) is 6.45. The quantitative estimate of drug-likeness (QED) is 0.740. The van der Waals surface area contributed by atoms with Crippen LogP contribution in [0.4, 0.5) is 21.0 Å². The van der Waals surface area contributed by atoms with Gasteiger partial charge in [-0.15, -0.1) is 0 Å². The fraction of sp³-hybridized carbons (Fsp3) is 0.636. The summed E-state index contributed by atoms with van der Waals surface area (Å²) in [6.07, 6.45) is 3.06. The van der Waals surface area contributed by atoms with E-state index < -0.39 is 12.2 Å². The SMILES string of the molecule is CCCN1CCC[C@@H]2Cc3c(ccc(N(CC)C(=O)O)c3N(CC)C(=O)O)C[C@H]21. The number of likely N-dealkylation sites (tertiary alicyclic amines) is 1. The Morgan fingerprint density at radius 3 is 2.34 bits per heavy atom. The summed E-state index contributed by atoms with van der Waals surface area (Å²) in [5.74, 6) is 0.490. The number of anilines is 2. The maximum atomic E-state index is 12.0. The monoisotopic (exact) mass is 403 g/mol. The smallest absolute Gasteiger partial charge is 0.411 e. The predicted octanol–water partition coefficient (Wildman–Crippen LogP) is 4.28. The molecule has 0 unspecified atom stereocenters. The molecule has 0 bridgehead atoms. The van der Waals surface area contributed by atoms with E-state index >= 15 is 0 Å². The van der Waals surface area contributed by atoms with Crippen LogP contribution in [0.25, 0.3) is 0 Å². The van der Waals surface area contributed by atoms with Crippen LogP contribution < -0.4 is 9.80 Å². The van der Waals surface area contributed by atoms with Gasteiger partial charge in [-0.3, -0.25) is 14.7 Å². The van der Waals surface area contributed by atoms with Gasteiger partial charge in [0.1, 0.15) is 0 Å². The third-order valence-electron chi connectivity index (χ3n) is 6.45. The largest absolute Gasteiger partial charge is 0.465 e. The second kappa shape index (κ2) is 9.03. The molecule has 1 fully saturated rings. The van der Waals surface area contributed by atoms with E-state index in [0.717, 1.165) is 56.3 Å². The molecule has 2 atom stereocenters. The number of carbonyl (C=O) groups is 2. The lowest BCUT2D eigenvalue weighted by Gasteiger charge is -2.45. The minimum absolute atomic E-state index is 0.272. The zero-order chi connectivity index (χ0) is 21.1. The molecule has 1 aliphatic heterocycles. The molecule has 2 amide bonds. The third kappa shape index (κ3) is 4.06. The molecule has 29 heavy (non-hydrogen) atoms. The van der Waals surface area contributed by atoms with Gasteiger partial charge in [0.15, 0.2) is 0 Å². The molecule has 7 heteroatoms. The van der Waals surface area contributed by atoms with Crippen LogP contribution in [0.3, 0.4) is 0 Å². The van der Waals surface area contributed by atoms with Crippen molar-refractivity contribution >= 4 is 23.6 Å². The summed E-state index contributed by atoms with van der Waals surface area (Å²) in [5.41, 5.74) is 3.22. The first-order valence-electron chi connectivity index (χ1n) is 10.8. The van der Waals surface area contributed by atoms with Gasteiger partial charge in [-0.2, -0.15) is 0 Å². The summed E-state index contributed by atoms with van der Waals surface area (Å²) >= 11 is 0. The molecule has 0 aromatic heterocycles. The first-order valence-corrected chi connectivity index (χ1v) is 10.8. The number of benzene rings is 1. The highest BCUT2D eigenvalue weighted by atomic mass is 16.4. The van der Waals surface area contributed by atoms with E-state index in [0.29, 0.717) is 23.3 Å². The van der Waals surface area contributed by atoms with E-state index in [4.69, 9.17) is 0 Å². The Bertz CT molecular complexity index is 765. The second-order valence-corrected chi connectivity index (χ2v) is 8.04. The number of nitrogens with zero attached hydrogens (tertiary/aromatic N) is 3. The van der Waals surface area contributed by atoms with Crippen molar-refractivity contribution in [3.63, 3.8) is 0 Å². The molecule has 1 aliphatic carbocycles. The topological polar surface area (TPSA) is 84.3 Å². The van der Waals surface area contributed by atoms with Crippen molar-refractivity contribution in [1.29, 1.82) is 0 Å². The molecule has 0 saturated carbocycles. The molecule has 160 valence electrons. The Morgan fingerprint density at radius 1 is 1.07 bits per heavy atom. The van der Waals surface area contributed by atoms with Crippen LogP contribution in [-0.4, -0.2) is 59.5 Å². The van der Waals surface area contributed by atoms with Gasteiger partial charge >= 0.3 is 12.2 Å². The van der Waals surface area contributed by atoms with Gasteiger partial charge < -0.3 is 10.2 Å². The van der Waals surface area contributed by atoms with Crippen LogP contribution in [0, 0.1) is 5.92 Å². The van der Waals surface area contributed by atoms with Gasteiger partial charge in [0.25, 0.3) is 0 Å². The predicted molar refractivity (Wildman–Crippen MR) is 114 cm³/mol. The molecule has 1 aromatic rings. The fourth-order valence-electron chi connectivity index (χ4n) is 5.20. The lowest BCUT2D eigenvalue weighted by atomic mass is 9.74. The van der Waals surface area contributed by atoms with Crippen LogP contribution in [0.5, 0.6) is 0 Å². The standard InChI is InChI=1S/C22H33N3O4/c1-4-11-23-12-7-8-16-13-17-15(14-19(16)23)9-10-18(24(5-2)21(26)27)20(17)25(6-3)22(28)29/h9-10,16,19H,4-8,11-14H2,1-3H3,(H,26,27)(H,28,29)/t16-,19-/m1/s1. The molecule has 1 aromatic carbocycles. The first kappa shape index (κ1) is 21.4. The van der Waals surface area contributed by atoms with Gasteiger partial charge in [-0.1, -0.05) is 13.0 Å². The summed E-state index contributed by atoms with van der Waals surface area (Å²) in [6.45, 7) is 8.56. The van der Waals surface area contributed by atoms with Crippen molar-refractivity contribution in [3.8, 4) is 0 Å². The van der Waals surface area contributed by atoms with Crippen molar-refractivity contribution < 1.29 is 19.8 Å². The first-order chi connectivity index (χ1) is 13.9. The summed E-state index contributed by atoms with van der Waals surface area (Å²) in [5, 5.41) is 19.5. The lowest BCUT2D eigenvalue weighted by molar-refractivity contribution is 0.0856. The van der Waals surface area contributed by atoms with E-state index in [1.807, 2.05) is 6.07 Å². The zero-order valence-corrected chi connectivity index (χ0v) is 17.7. The fourth-order valence-corrected chi connectivity index (χ4v) is 5.20. The maximum Gasteiger partial charge on any atom is 0.411 e. The number of fused-ring (bicyclic) bond motifs is 2. The summed E-state index contributed by atoms with van der Waals surface area (Å²) in [4.78, 5) is 29.0. The van der Waals surface area contributed by atoms with Gasteiger partial charge in [0.2, 0.25) is 0 Å². The highest BCUT2D eigenvalue weighted by Crippen LogP contribution is 2.43. The highest BCUT2D eigenvalue weighted by molar-refractivity contribution is 5.98. The van der Waals surface area contributed by atoms with Crippen molar-refractivity contribution in [2.75, 3.05) is 36.0 Å². The van der Waals surface area contributed by atoms with Crippen LogP contribution in [0.15, 0.2) is 12.1 Å². The number of hydrogen-bond acceptors (Lipinski definition) is 3. The summed E-state index contributed by atoms with van der Waals surface area (Å²) in [7, 11) is 0. The number of hydrogen-bond donors (Lipinski definition) is 2. The number of carboxylic acid groups (broad SMARTS) is 2. The van der Waals surface area contributed by atoms with Crippen molar-refractivity contribution in [2.24, 2.45) is 5.92 Å². The average molecular weight is 404 g/mol. The molecular formula is C22H33N3O4. The minimum atomic E-state index is -1.06. The number of amides is 2. The molecule has 0 radical (unpaired) electrons.